The number of nitrogens with zero attached hydrogens (tertiary/aromatic N) is 2. The lowest BCUT2D eigenvalue weighted by molar-refractivity contribution is -0.144. The molecule has 0 bridgehead atoms. The molecular formula is C31H30Cl4N4O6S. The van der Waals surface area contributed by atoms with Gasteiger partial charge in [0.25, 0.3) is 5.91 Å². The Labute approximate surface area is 286 Å². The van der Waals surface area contributed by atoms with E-state index in [4.69, 9.17) is 46.4 Å². The number of carbonyl (C=O) groups excluding carboxylic acids is 2. The zero-order valence-electron chi connectivity index (χ0n) is 24.5. The van der Waals surface area contributed by atoms with Crippen molar-refractivity contribution in [1.82, 2.24) is 14.6 Å². The van der Waals surface area contributed by atoms with Crippen LogP contribution in [-0.2, 0) is 26.0 Å². The molecule has 5 rings (SSSR count). The lowest BCUT2D eigenvalue weighted by Crippen LogP contribution is -2.61. The second-order valence-electron chi connectivity index (χ2n) is 11.6. The summed E-state index contributed by atoms with van der Waals surface area (Å²) >= 11 is 24.4. The van der Waals surface area contributed by atoms with E-state index in [9.17, 15) is 27.9 Å². The Morgan fingerprint density at radius 1 is 1.00 bits per heavy atom. The molecule has 0 spiro atoms. The summed E-state index contributed by atoms with van der Waals surface area (Å²) in [5.74, 6) is -2.92. The van der Waals surface area contributed by atoms with Crippen LogP contribution in [0.5, 0.6) is 0 Å². The molecule has 2 heterocycles. The molecule has 10 nitrogen and oxygen atoms in total. The Morgan fingerprint density at radius 2 is 1.61 bits per heavy atom. The molecule has 244 valence electrons. The van der Waals surface area contributed by atoms with Gasteiger partial charge in [-0.3, -0.25) is 14.6 Å². The summed E-state index contributed by atoms with van der Waals surface area (Å²) < 4.78 is 29.2. The predicted molar refractivity (Wildman–Crippen MR) is 176 cm³/mol. The molecule has 2 aliphatic rings. The maximum Gasteiger partial charge on any atom is 0.326 e. The molecule has 1 saturated heterocycles. The Morgan fingerprint density at radius 3 is 2.22 bits per heavy atom. The zero-order chi connectivity index (χ0) is 33.4. The van der Waals surface area contributed by atoms with E-state index < -0.39 is 39.4 Å². The van der Waals surface area contributed by atoms with Crippen molar-refractivity contribution in [2.45, 2.75) is 55.5 Å². The maximum atomic E-state index is 14.1. The largest absolute Gasteiger partial charge is 0.480 e. The second-order valence-corrected chi connectivity index (χ2v) is 15.2. The van der Waals surface area contributed by atoms with E-state index in [2.05, 4.69) is 15.6 Å². The number of rotatable bonds is 9. The molecule has 3 aromatic rings. The van der Waals surface area contributed by atoms with Gasteiger partial charge in [-0.25, -0.2) is 13.2 Å². The van der Waals surface area contributed by atoms with E-state index in [0.29, 0.717) is 17.7 Å². The highest BCUT2D eigenvalue weighted by molar-refractivity contribution is 7.89. The van der Waals surface area contributed by atoms with Crippen LogP contribution in [0.1, 0.15) is 48.5 Å². The van der Waals surface area contributed by atoms with Crippen LogP contribution in [0.4, 0.5) is 5.69 Å². The first-order chi connectivity index (χ1) is 21.7. The van der Waals surface area contributed by atoms with Crippen LogP contribution in [0.3, 0.4) is 0 Å². The second kappa shape index (κ2) is 13.7. The Bertz CT molecular complexity index is 1750. The first-order valence-electron chi connectivity index (χ1n) is 14.4. The summed E-state index contributed by atoms with van der Waals surface area (Å²) in [6.45, 7) is 1.68. The molecule has 4 unspecified atom stereocenters. The molecule has 2 aromatic carbocycles. The third-order valence-electron chi connectivity index (χ3n) is 8.77. The summed E-state index contributed by atoms with van der Waals surface area (Å²) in [4.78, 5) is 42.9. The number of carbonyl (C=O) groups is 3. The van der Waals surface area contributed by atoms with Gasteiger partial charge in [0.05, 0.1) is 20.5 Å². The number of carboxylic acids is 1. The lowest BCUT2D eigenvalue weighted by atomic mass is 9.72. The smallest absolute Gasteiger partial charge is 0.326 e. The number of sulfonamides is 1. The van der Waals surface area contributed by atoms with Crippen molar-refractivity contribution in [3.8, 4) is 0 Å². The fraction of sp³-hybridized carbons (Fsp3) is 0.355. The van der Waals surface area contributed by atoms with Gasteiger partial charge in [0, 0.05) is 41.1 Å². The van der Waals surface area contributed by atoms with E-state index in [1.165, 1.54) is 34.9 Å². The fourth-order valence-electron chi connectivity index (χ4n) is 6.47. The van der Waals surface area contributed by atoms with Gasteiger partial charge in [0.1, 0.15) is 11.6 Å². The number of anilines is 1. The first kappa shape index (κ1) is 34.4. The number of hydrogen-bond donors (Lipinski definition) is 3. The standard InChI is InChI=1S/C31H30Cl4N4O6S/c1-31(23-5-3-2-4-18(23)16-39(31)46(44,45)22-12-19(32)11-20(33)13-22)30(43)38-26(29(41)42)10-17-6-8-21(9-7-17)37-28(40)27-24(34)14-36-15-25(27)35/h6-9,11-15,18,23,26H,2-5,10,16H2,1H3,(H,37,40)(H,38,43)(H,41,42). The van der Waals surface area contributed by atoms with E-state index in [1.807, 2.05) is 0 Å². The number of carboxylic acid groups (broad SMARTS) is 1. The van der Waals surface area contributed by atoms with Gasteiger partial charge in [-0.15, -0.1) is 0 Å². The molecule has 1 aliphatic heterocycles. The van der Waals surface area contributed by atoms with Crippen LogP contribution in [0.25, 0.3) is 0 Å². The van der Waals surface area contributed by atoms with E-state index in [1.54, 1.807) is 31.2 Å². The average Bonchev–Trinajstić information content (AvgIpc) is 3.31. The van der Waals surface area contributed by atoms with Crippen LogP contribution in [-0.4, -0.2) is 58.7 Å². The Hall–Kier alpha value is -2.93. The van der Waals surface area contributed by atoms with Gasteiger partial charge in [0.2, 0.25) is 15.9 Å². The highest BCUT2D eigenvalue weighted by Crippen LogP contribution is 2.49. The van der Waals surface area contributed by atoms with Gasteiger partial charge in [-0.1, -0.05) is 71.4 Å². The minimum absolute atomic E-state index is 0.0613. The quantitative estimate of drug-likeness (QED) is 0.234. The molecule has 1 aromatic heterocycles. The summed E-state index contributed by atoms with van der Waals surface area (Å²) in [6, 6.07) is 9.00. The van der Waals surface area contributed by atoms with Crippen LogP contribution < -0.4 is 10.6 Å². The minimum Gasteiger partial charge on any atom is -0.480 e. The number of pyridine rings is 1. The Kier molecular flexibility index (Phi) is 10.2. The van der Waals surface area contributed by atoms with Crippen molar-refractivity contribution in [2.24, 2.45) is 11.8 Å². The maximum absolute atomic E-state index is 14.1. The average molecular weight is 728 g/mol. The van der Waals surface area contributed by atoms with Gasteiger partial charge in [-0.2, -0.15) is 4.31 Å². The lowest BCUT2D eigenvalue weighted by Gasteiger charge is -2.39. The highest BCUT2D eigenvalue weighted by Gasteiger charge is 2.60. The van der Waals surface area contributed by atoms with Crippen molar-refractivity contribution in [3.63, 3.8) is 0 Å². The number of hydrogen-bond acceptors (Lipinski definition) is 6. The highest BCUT2D eigenvalue weighted by atomic mass is 35.5. The summed E-state index contributed by atoms with van der Waals surface area (Å²) in [5, 5.41) is 15.9. The van der Waals surface area contributed by atoms with Crippen LogP contribution >= 0.6 is 46.4 Å². The summed E-state index contributed by atoms with van der Waals surface area (Å²) in [7, 11) is -4.25. The van der Waals surface area contributed by atoms with E-state index >= 15 is 0 Å². The SMILES string of the molecule is CC1(C(=O)NC(Cc2ccc(NC(=O)c3c(Cl)cncc3Cl)cc2)C(=O)O)C2CCCCC2CN1S(=O)(=O)c1cc(Cl)cc(Cl)c1. The van der Waals surface area contributed by atoms with Gasteiger partial charge in [-0.05, 0) is 67.5 Å². The van der Waals surface area contributed by atoms with Crippen LogP contribution in [0, 0.1) is 11.8 Å². The third-order valence-corrected chi connectivity index (χ3v) is 11.7. The molecular weight excluding hydrogens is 698 g/mol. The van der Waals surface area contributed by atoms with Crippen molar-refractivity contribution in [2.75, 3.05) is 11.9 Å². The van der Waals surface area contributed by atoms with E-state index in [-0.39, 0.29) is 55.4 Å². The number of nitrogens with one attached hydrogen (secondary N) is 2. The Balaban J connectivity index is 1.36. The molecule has 46 heavy (non-hydrogen) atoms. The molecule has 0 radical (unpaired) electrons. The van der Waals surface area contributed by atoms with Crippen LogP contribution in [0.2, 0.25) is 20.1 Å². The molecule has 4 atom stereocenters. The van der Waals surface area contributed by atoms with Crippen molar-refractivity contribution in [3.05, 3.63) is 86.1 Å². The number of halogens is 4. The van der Waals surface area contributed by atoms with Crippen LogP contribution in [0.15, 0.2) is 59.8 Å². The normalized spacial score (nSPS) is 22.1. The summed E-state index contributed by atoms with van der Waals surface area (Å²) in [5.41, 5.74) is -0.546. The van der Waals surface area contributed by atoms with Gasteiger partial charge < -0.3 is 15.7 Å². The summed E-state index contributed by atoms with van der Waals surface area (Å²) in [6.07, 6.45) is 5.61. The predicted octanol–water partition coefficient (Wildman–Crippen LogP) is 6.33. The molecule has 1 saturated carbocycles. The fourth-order valence-corrected chi connectivity index (χ4v) is 9.58. The number of amides is 2. The number of benzene rings is 2. The van der Waals surface area contributed by atoms with Crippen molar-refractivity contribution >= 4 is 79.9 Å². The number of aromatic nitrogens is 1. The van der Waals surface area contributed by atoms with E-state index in [0.717, 1.165) is 19.3 Å². The molecule has 15 heteroatoms. The zero-order valence-corrected chi connectivity index (χ0v) is 28.3. The molecule has 2 amide bonds. The first-order valence-corrected chi connectivity index (χ1v) is 17.4. The molecule has 1 aliphatic carbocycles. The topological polar surface area (TPSA) is 146 Å². The van der Waals surface area contributed by atoms with Crippen molar-refractivity contribution in [1.29, 1.82) is 0 Å². The van der Waals surface area contributed by atoms with Gasteiger partial charge in [0.15, 0.2) is 0 Å². The van der Waals surface area contributed by atoms with Gasteiger partial charge >= 0.3 is 5.97 Å². The molecule has 2 fully saturated rings. The minimum atomic E-state index is -4.25. The van der Waals surface area contributed by atoms with Crippen molar-refractivity contribution < 1.29 is 27.9 Å². The molecule has 3 N–H and O–H groups in total. The third kappa shape index (κ3) is 6.86. The monoisotopic (exact) mass is 726 g/mol. The number of fused-ring (bicyclic) bond motifs is 1. The number of aliphatic carboxylic acids is 1.